The second-order valence-electron chi connectivity index (χ2n) is 6.97. The van der Waals surface area contributed by atoms with E-state index in [-0.39, 0.29) is 11.4 Å². The zero-order valence-corrected chi connectivity index (χ0v) is 16.8. The van der Waals surface area contributed by atoms with E-state index in [4.69, 9.17) is 9.47 Å². The minimum absolute atomic E-state index is 0.106. The number of fused-ring (bicyclic) bond motifs is 1. The number of rotatable bonds is 6. The van der Waals surface area contributed by atoms with E-state index in [0.717, 1.165) is 16.7 Å². The third kappa shape index (κ3) is 3.67. The van der Waals surface area contributed by atoms with Crippen LogP contribution in [0.1, 0.15) is 28.7 Å². The molecule has 0 aromatic heterocycles. The molecule has 0 saturated carbocycles. The molecule has 0 aliphatic heterocycles. The monoisotopic (exact) mass is 391 g/mol. The molecule has 6 nitrogen and oxygen atoms in total. The summed E-state index contributed by atoms with van der Waals surface area (Å²) in [6, 6.07) is 8.56. The minimum atomic E-state index is -3.72. The first-order valence-electron chi connectivity index (χ1n) is 8.75. The topological polar surface area (TPSA) is 84.9 Å². The van der Waals surface area contributed by atoms with Gasteiger partial charge in [-0.1, -0.05) is 6.07 Å². The lowest BCUT2D eigenvalue weighted by atomic mass is 9.96. The summed E-state index contributed by atoms with van der Waals surface area (Å²) in [4.78, 5) is 0.194. The number of aryl methyl sites for hydroxylation is 3. The lowest BCUT2D eigenvalue weighted by molar-refractivity contribution is 0.0440. The fourth-order valence-electron chi connectivity index (χ4n) is 3.40. The standard InChI is InChI=1S/C20H25NO5S/c1-13-5-6-16(9-14(13)2)27(23,24)21-12-20(22)8-7-15-10-18(25-3)19(26-4)11-17(15)20/h5-6,9-11,21-22H,7-8,12H2,1-4H3. The summed E-state index contributed by atoms with van der Waals surface area (Å²) >= 11 is 0. The number of nitrogens with one attached hydrogen (secondary N) is 1. The molecule has 0 saturated heterocycles. The molecule has 0 fully saturated rings. The van der Waals surface area contributed by atoms with Crippen molar-refractivity contribution < 1.29 is 23.0 Å². The van der Waals surface area contributed by atoms with Crippen LogP contribution in [0.3, 0.4) is 0 Å². The summed E-state index contributed by atoms with van der Waals surface area (Å²) < 4.78 is 38.5. The molecular formula is C20H25NO5S. The summed E-state index contributed by atoms with van der Waals surface area (Å²) in [5.41, 5.74) is 2.24. The Labute approximate surface area is 160 Å². The molecule has 2 aromatic carbocycles. The summed E-state index contributed by atoms with van der Waals surface area (Å²) in [7, 11) is -0.635. The van der Waals surface area contributed by atoms with Gasteiger partial charge in [0, 0.05) is 6.54 Å². The van der Waals surface area contributed by atoms with E-state index in [9.17, 15) is 13.5 Å². The van der Waals surface area contributed by atoms with Gasteiger partial charge in [-0.05, 0) is 73.2 Å². The maximum absolute atomic E-state index is 12.7. The van der Waals surface area contributed by atoms with Crippen molar-refractivity contribution in [3.63, 3.8) is 0 Å². The number of hydrogen-bond acceptors (Lipinski definition) is 5. The van der Waals surface area contributed by atoms with Crippen molar-refractivity contribution in [2.24, 2.45) is 0 Å². The van der Waals surface area contributed by atoms with Crippen LogP contribution in [0.2, 0.25) is 0 Å². The number of benzene rings is 2. The van der Waals surface area contributed by atoms with E-state index in [1.165, 1.54) is 7.11 Å². The van der Waals surface area contributed by atoms with Crippen molar-refractivity contribution >= 4 is 10.0 Å². The van der Waals surface area contributed by atoms with Crippen molar-refractivity contribution in [1.82, 2.24) is 4.72 Å². The zero-order valence-electron chi connectivity index (χ0n) is 16.0. The average molecular weight is 391 g/mol. The van der Waals surface area contributed by atoms with Gasteiger partial charge in [0.1, 0.15) is 5.60 Å². The third-order valence-corrected chi connectivity index (χ3v) is 6.66. The van der Waals surface area contributed by atoms with E-state index >= 15 is 0 Å². The third-order valence-electron chi connectivity index (χ3n) is 5.26. The Bertz CT molecular complexity index is 971. The molecule has 0 amide bonds. The van der Waals surface area contributed by atoms with E-state index < -0.39 is 15.6 Å². The van der Waals surface area contributed by atoms with E-state index in [0.29, 0.717) is 29.9 Å². The summed E-state index contributed by atoms with van der Waals surface area (Å²) in [6.07, 6.45) is 1.06. The average Bonchev–Trinajstić information content (AvgIpc) is 2.97. The van der Waals surface area contributed by atoms with Crippen LogP contribution in [0, 0.1) is 13.8 Å². The SMILES string of the molecule is COc1cc2c(cc1OC)C(O)(CNS(=O)(=O)c1ccc(C)c(C)c1)CC2. The van der Waals surface area contributed by atoms with E-state index in [2.05, 4.69) is 4.72 Å². The lowest BCUT2D eigenvalue weighted by Crippen LogP contribution is -2.39. The molecular weight excluding hydrogens is 366 g/mol. The van der Waals surface area contributed by atoms with Crippen molar-refractivity contribution in [2.45, 2.75) is 37.2 Å². The number of ether oxygens (including phenoxy) is 2. The lowest BCUT2D eigenvalue weighted by Gasteiger charge is -2.25. The molecule has 0 bridgehead atoms. The smallest absolute Gasteiger partial charge is 0.240 e. The number of methoxy groups -OCH3 is 2. The fourth-order valence-corrected chi connectivity index (χ4v) is 4.57. The van der Waals surface area contributed by atoms with Gasteiger partial charge in [0.15, 0.2) is 11.5 Å². The number of hydrogen-bond donors (Lipinski definition) is 2. The van der Waals surface area contributed by atoms with Crippen LogP contribution < -0.4 is 14.2 Å². The van der Waals surface area contributed by atoms with Crippen LogP contribution in [0.4, 0.5) is 0 Å². The maximum atomic E-state index is 12.7. The molecule has 1 unspecified atom stereocenters. The van der Waals surface area contributed by atoms with Crippen molar-refractivity contribution in [2.75, 3.05) is 20.8 Å². The summed E-state index contributed by atoms with van der Waals surface area (Å²) in [6.45, 7) is 3.69. The van der Waals surface area contributed by atoms with Crippen molar-refractivity contribution in [3.8, 4) is 11.5 Å². The van der Waals surface area contributed by atoms with Crippen LogP contribution in [0.5, 0.6) is 11.5 Å². The molecule has 146 valence electrons. The highest BCUT2D eigenvalue weighted by Gasteiger charge is 2.39. The van der Waals surface area contributed by atoms with Crippen molar-refractivity contribution in [3.05, 3.63) is 52.6 Å². The Morgan fingerprint density at radius 1 is 1.07 bits per heavy atom. The highest BCUT2D eigenvalue weighted by molar-refractivity contribution is 7.89. The van der Waals surface area contributed by atoms with Crippen LogP contribution >= 0.6 is 0 Å². The highest BCUT2D eigenvalue weighted by atomic mass is 32.2. The van der Waals surface area contributed by atoms with E-state index in [1.807, 2.05) is 19.9 Å². The Hall–Kier alpha value is -2.09. The summed E-state index contributed by atoms with van der Waals surface area (Å²) in [5.74, 6) is 1.10. The molecule has 1 atom stereocenters. The number of sulfonamides is 1. The Balaban J connectivity index is 1.86. The van der Waals surface area contributed by atoms with Crippen LogP contribution in [0.25, 0.3) is 0 Å². The Morgan fingerprint density at radius 3 is 2.37 bits per heavy atom. The molecule has 2 aromatic rings. The predicted octanol–water partition coefficient (Wildman–Crippen LogP) is 2.43. The molecule has 3 rings (SSSR count). The second kappa shape index (κ2) is 7.14. The molecule has 7 heteroatoms. The van der Waals surface area contributed by atoms with E-state index in [1.54, 1.807) is 31.4 Å². The molecule has 0 radical (unpaired) electrons. The zero-order chi connectivity index (χ0) is 19.8. The van der Waals surface area contributed by atoms with Gasteiger partial charge in [-0.15, -0.1) is 0 Å². The largest absolute Gasteiger partial charge is 0.493 e. The normalized spacial score (nSPS) is 19.0. The fraction of sp³-hybridized carbons (Fsp3) is 0.400. The minimum Gasteiger partial charge on any atom is -0.493 e. The van der Waals surface area contributed by atoms with Crippen molar-refractivity contribution in [1.29, 1.82) is 0 Å². The van der Waals surface area contributed by atoms with Gasteiger partial charge >= 0.3 is 0 Å². The molecule has 27 heavy (non-hydrogen) atoms. The first-order valence-corrected chi connectivity index (χ1v) is 10.2. The quantitative estimate of drug-likeness (QED) is 0.790. The molecule has 0 spiro atoms. The Kier molecular flexibility index (Phi) is 5.20. The van der Waals surface area contributed by atoms with Crippen LogP contribution in [-0.4, -0.2) is 34.3 Å². The van der Waals surface area contributed by atoms with Crippen LogP contribution in [0.15, 0.2) is 35.2 Å². The first-order chi connectivity index (χ1) is 12.7. The highest BCUT2D eigenvalue weighted by Crippen LogP contribution is 2.42. The first kappa shape index (κ1) is 19.7. The summed E-state index contributed by atoms with van der Waals surface area (Å²) in [5, 5.41) is 11.1. The molecule has 2 N–H and O–H groups in total. The van der Waals surface area contributed by atoms with Gasteiger partial charge in [0.25, 0.3) is 0 Å². The number of aliphatic hydroxyl groups is 1. The van der Waals surface area contributed by atoms with Gasteiger partial charge in [0.2, 0.25) is 10.0 Å². The van der Waals surface area contributed by atoms with Gasteiger partial charge in [-0.2, -0.15) is 0 Å². The van der Waals surface area contributed by atoms with Gasteiger partial charge in [0.05, 0.1) is 19.1 Å². The molecule has 1 aliphatic rings. The van der Waals surface area contributed by atoms with Gasteiger partial charge < -0.3 is 14.6 Å². The Morgan fingerprint density at radius 2 is 1.74 bits per heavy atom. The predicted molar refractivity (Wildman–Crippen MR) is 103 cm³/mol. The maximum Gasteiger partial charge on any atom is 0.240 e. The second-order valence-corrected chi connectivity index (χ2v) is 8.73. The van der Waals surface area contributed by atoms with Crippen LogP contribution in [-0.2, 0) is 22.0 Å². The molecule has 1 aliphatic carbocycles. The van der Waals surface area contributed by atoms with Gasteiger partial charge in [-0.25, -0.2) is 13.1 Å². The van der Waals surface area contributed by atoms with Gasteiger partial charge in [-0.3, -0.25) is 0 Å². The molecule has 0 heterocycles.